The predicted molar refractivity (Wildman–Crippen MR) is 116 cm³/mol. The topological polar surface area (TPSA) is 68.7 Å². The van der Waals surface area contributed by atoms with Crippen molar-refractivity contribution in [2.75, 3.05) is 14.2 Å². The fourth-order valence-corrected chi connectivity index (χ4v) is 4.56. The molecule has 0 saturated heterocycles. The van der Waals surface area contributed by atoms with Gasteiger partial charge < -0.3 is 9.47 Å². The van der Waals surface area contributed by atoms with E-state index in [2.05, 4.69) is 11.9 Å². The molecule has 0 saturated carbocycles. The van der Waals surface area contributed by atoms with Gasteiger partial charge in [0.15, 0.2) is 11.5 Å². The molecule has 0 amide bonds. The lowest BCUT2D eigenvalue weighted by molar-refractivity contribution is 0.353. The number of sulfonamides is 1. The molecular formula is C23H26N2O4S. The first-order valence-electron chi connectivity index (χ1n) is 9.66. The SMILES string of the molecule is CCc1ccc(CN(Cc2cccnc2)S(=O)(=O)c2ccc(OC)c(OC)c2)cc1. The first kappa shape index (κ1) is 21.8. The monoisotopic (exact) mass is 426 g/mol. The zero-order valence-electron chi connectivity index (χ0n) is 17.4. The number of rotatable bonds is 9. The third-order valence-corrected chi connectivity index (χ3v) is 6.65. The van der Waals surface area contributed by atoms with Crippen LogP contribution in [-0.4, -0.2) is 31.9 Å². The summed E-state index contributed by atoms with van der Waals surface area (Å²) in [5, 5.41) is 0. The van der Waals surface area contributed by atoms with E-state index in [-0.39, 0.29) is 18.0 Å². The Bertz CT molecular complexity index is 1070. The van der Waals surface area contributed by atoms with Gasteiger partial charge in [-0.15, -0.1) is 0 Å². The van der Waals surface area contributed by atoms with Gasteiger partial charge in [-0.25, -0.2) is 8.42 Å². The lowest BCUT2D eigenvalue weighted by atomic mass is 10.1. The molecule has 0 fully saturated rings. The molecule has 2 aromatic carbocycles. The van der Waals surface area contributed by atoms with Crippen LogP contribution in [0.25, 0.3) is 0 Å². The summed E-state index contributed by atoms with van der Waals surface area (Å²) in [4.78, 5) is 4.26. The second-order valence-electron chi connectivity index (χ2n) is 6.82. The van der Waals surface area contributed by atoms with Crippen LogP contribution in [0.15, 0.2) is 71.9 Å². The summed E-state index contributed by atoms with van der Waals surface area (Å²) in [7, 11) is -0.803. The Morgan fingerprint density at radius 1 is 0.867 bits per heavy atom. The Labute approximate surface area is 178 Å². The van der Waals surface area contributed by atoms with Crippen LogP contribution in [0.2, 0.25) is 0 Å². The average molecular weight is 427 g/mol. The summed E-state index contributed by atoms with van der Waals surface area (Å²) in [6, 6.07) is 16.3. The van der Waals surface area contributed by atoms with E-state index in [4.69, 9.17) is 9.47 Å². The molecule has 0 atom stereocenters. The maximum Gasteiger partial charge on any atom is 0.243 e. The van der Waals surface area contributed by atoms with Crippen molar-refractivity contribution in [2.45, 2.75) is 31.3 Å². The van der Waals surface area contributed by atoms with Crippen molar-refractivity contribution in [2.24, 2.45) is 0 Å². The smallest absolute Gasteiger partial charge is 0.243 e. The van der Waals surface area contributed by atoms with Crippen LogP contribution in [0.1, 0.15) is 23.6 Å². The fourth-order valence-electron chi connectivity index (χ4n) is 3.13. The van der Waals surface area contributed by atoms with Crippen LogP contribution in [-0.2, 0) is 29.5 Å². The highest BCUT2D eigenvalue weighted by molar-refractivity contribution is 7.89. The molecule has 30 heavy (non-hydrogen) atoms. The van der Waals surface area contributed by atoms with Gasteiger partial charge in [0.2, 0.25) is 10.0 Å². The minimum atomic E-state index is -3.80. The van der Waals surface area contributed by atoms with Crippen LogP contribution in [0.4, 0.5) is 0 Å². The van der Waals surface area contributed by atoms with E-state index in [1.165, 1.54) is 36.2 Å². The van der Waals surface area contributed by atoms with Crippen LogP contribution >= 0.6 is 0 Å². The molecule has 0 unspecified atom stereocenters. The second kappa shape index (κ2) is 9.73. The summed E-state index contributed by atoms with van der Waals surface area (Å²) in [6.45, 7) is 2.54. The maximum atomic E-state index is 13.5. The standard InChI is InChI=1S/C23H26N2O4S/c1-4-18-7-9-19(10-8-18)16-25(17-20-6-5-13-24-15-20)30(26,27)21-11-12-22(28-2)23(14-21)29-3/h5-15H,4,16-17H2,1-3H3. The maximum absolute atomic E-state index is 13.5. The molecule has 0 aliphatic heterocycles. The van der Waals surface area contributed by atoms with Gasteiger partial charge >= 0.3 is 0 Å². The molecule has 0 radical (unpaired) electrons. The van der Waals surface area contributed by atoms with Gasteiger partial charge in [-0.2, -0.15) is 4.31 Å². The molecule has 0 bridgehead atoms. The molecule has 158 valence electrons. The van der Waals surface area contributed by atoms with E-state index in [1.54, 1.807) is 24.5 Å². The van der Waals surface area contributed by atoms with Gasteiger partial charge in [-0.3, -0.25) is 4.98 Å². The van der Waals surface area contributed by atoms with E-state index >= 15 is 0 Å². The number of aryl methyl sites for hydroxylation is 1. The molecule has 0 aliphatic carbocycles. The zero-order chi connectivity index (χ0) is 21.6. The predicted octanol–water partition coefficient (Wildman–Crippen LogP) is 4.05. The third-order valence-electron chi connectivity index (χ3n) is 4.86. The van der Waals surface area contributed by atoms with Gasteiger partial charge in [-0.05, 0) is 41.3 Å². The van der Waals surface area contributed by atoms with Crippen LogP contribution in [0.5, 0.6) is 11.5 Å². The summed E-state index contributed by atoms with van der Waals surface area (Å²) < 4.78 is 39.1. The zero-order valence-corrected chi connectivity index (χ0v) is 18.2. The number of methoxy groups -OCH3 is 2. The number of ether oxygens (including phenoxy) is 2. The number of benzene rings is 2. The average Bonchev–Trinajstić information content (AvgIpc) is 2.79. The van der Waals surface area contributed by atoms with Crippen molar-refractivity contribution in [1.82, 2.24) is 9.29 Å². The van der Waals surface area contributed by atoms with E-state index < -0.39 is 10.0 Å². The van der Waals surface area contributed by atoms with Crippen LogP contribution in [0, 0.1) is 0 Å². The summed E-state index contributed by atoms with van der Waals surface area (Å²) in [5.41, 5.74) is 2.94. The fraction of sp³-hybridized carbons (Fsp3) is 0.261. The van der Waals surface area contributed by atoms with E-state index in [1.807, 2.05) is 30.3 Å². The molecular weight excluding hydrogens is 400 g/mol. The highest BCUT2D eigenvalue weighted by atomic mass is 32.2. The van der Waals surface area contributed by atoms with Crippen molar-refractivity contribution in [3.8, 4) is 11.5 Å². The van der Waals surface area contributed by atoms with Crippen LogP contribution in [0.3, 0.4) is 0 Å². The first-order valence-corrected chi connectivity index (χ1v) is 11.1. The Morgan fingerprint density at radius 3 is 2.13 bits per heavy atom. The number of hydrogen-bond donors (Lipinski definition) is 0. The quantitative estimate of drug-likeness (QED) is 0.516. The lowest BCUT2D eigenvalue weighted by Crippen LogP contribution is -2.30. The normalized spacial score (nSPS) is 11.5. The van der Waals surface area contributed by atoms with Gasteiger partial charge in [0.1, 0.15) is 0 Å². The molecule has 7 heteroatoms. The second-order valence-corrected chi connectivity index (χ2v) is 8.76. The summed E-state index contributed by atoms with van der Waals surface area (Å²) in [5.74, 6) is 0.845. The molecule has 1 heterocycles. The van der Waals surface area contributed by atoms with Crippen molar-refractivity contribution in [3.63, 3.8) is 0 Å². The van der Waals surface area contributed by atoms with Gasteiger partial charge in [0.05, 0.1) is 19.1 Å². The lowest BCUT2D eigenvalue weighted by Gasteiger charge is -2.23. The largest absolute Gasteiger partial charge is 0.493 e. The number of aromatic nitrogens is 1. The van der Waals surface area contributed by atoms with E-state index in [0.717, 1.165) is 17.5 Å². The van der Waals surface area contributed by atoms with Crippen molar-refractivity contribution >= 4 is 10.0 Å². The number of pyridine rings is 1. The van der Waals surface area contributed by atoms with Crippen molar-refractivity contribution in [3.05, 3.63) is 83.7 Å². The summed E-state index contributed by atoms with van der Waals surface area (Å²) in [6.07, 6.45) is 4.28. The van der Waals surface area contributed by atoms with Crippen molar-refractivity contribution < 1.29 is 17.9 Å². The molecule has 3 aromatic rings. The summed E-state index contributed by atoms with van der Waals surface area (Å²) >= 11 is 0. The molecule has 0 spiro atoms. The first-order chi connectivity index (χ1) is 14.5. The van der Waals surface area contributed by atoms with Gasteiger partial charge in [-0.1, -0.05) is 37.3 Å². The molecule has 0 N–H and O–H groups in total. The Hall–Kier alpha value is -2.90. The van der Waals surface area contributed by atoms with Crippen LogP contribution < -0.4 is 9.47 Å². The molecule has 6 nitrogen and oxygen atoms in total. The Kier molecular flexibility index (Phi) is 7.07. The molecule has 3 rings (SSSR count). The highest BCUT2D eigenvalue weighted by Gasteiger charge is 2.26. The number of nitrogens with zero attached hydrogens (tertiary/aromatic N) is 2. The minimum absolute atomic E-state index is 0.147. The molecule has 0 aliphatic rings. The van der Waals surface area contributed by atoms with Gasteiger partial charge in [0.25, 0.3) is 0 Å². The third kappa shape index (κ3) is 4.98. The van der Waals surface area contributed by atoms with E-state index in [9.17, 15) is 8.42 Å². The highest BCUT2D eigenvalue weighted by Crippen LogP contribution is 2.31. The van der Waals surface area contributed by atoms with Gasteiger partial charge in [0, 0.05) is 31.5 Å². The molecule has 1 aromatic heterocycles. The minimum Gasteiger partial charge on any atom is -0.493 e. The van der Waals surface area contributed by atoms with E-state index in [0.29, 0.717) is 11.5 Å². The number of hydrogen-bond acceptors (Lipinski definition) is 5. The Balaban J connectivity index is 1.98. The van der Waals surface area contributed by atoms with Crippen molar-refractivity contribution in [1.29, 1.82) is 0 Å². The Morgan fingerprint density at radius 2 is 1.53 bits per heavy atom.